The lowest BCUT2D eigenvalue weighted by Crippen LogP contribution is -2.47. The first-order valence-corrected chi connectivity index (χ1v) is 16.4. The second-order valence-electron chi connectivity index (χ2n) is 9.68. The molecule has 0 aliphatic heterocycles. The second-order valence-corrected chi connectivity index (χ2v) is 10.8. The van der Waals surface area contributed by atoms with Gasteiger partial charge in [-0.15, -0.1) is 0 Å². The molecule has 216 valence electrons. The average molecular weight is 525 g/mol. The first-order chi connectivity index (χ1) is 16.5. The summed E-state index contributed by atoms with van der Waals surface area (Å²) in [6, 6.07) is 0. The van der Waals surface area contributed by atoms with Crippen molar-refractivity contribution < 1.29 is 27.8 Å². The van der Waals surface area contributed by atoms with Gasteiger partial charge in [0.15, 0.2) is 0 Å². The van der Waals surface area contributed by atoms with Crippen LogP contribution in [0.4, 0.5) is 0 Å². The minimum atomic E-state index is -4.74. The van der Waals surface area contributed by atoms with Gasteiger partial charge in [-0.2, -0.15) is 0 Å². The van der Waals surface area contributed by atoms with Crippen LogP contribution in [0.5, 0.6) is 0 Å². The van der Waals surface area contributed by atoms with Crippen molar-refractivity contribution in [2.75, 3.05) is 59.0 Å². The van der Waals surface area contributed by atoms with Gasteiger partial charge in [-0.3, -0.25) is 0 Å². The Bertz CT molecular complexity index is 409. The Hall–Kier alpha value is 0.0300. The molecular formula is C28H65N2O4P. The van der Waals surface area contributed by atoms with E-state index in [0.717, 1.165) is 12.8 Å². The first kappa shape index (κ1) is 39.5. The number of hydrogen-bond donors (Lipinski definition) is 0. The highest BCUT2D eigenvalue weighted by Crippen LogP contribution is 2.24. The monoisotopic (exact) mass is 524 g/mol. The lowest BCUT2D eigenvalue weighted by molar-refractivity contribution is -0.921. The van der Waals surface area contributed by atoms with E-state index >= 15 is 0 Å². The van der Waals surface area contributed by atoms with E-state index < -0.39 is 7.82 Å². The normalized spacial score (nSPS) is 12.0. The number of quaternary nitrogens is 2. The van der Waals surface area contributed by atoms with E-state index in [1.807, 2.05) is 0 Å². The Labute approximate surface area is 221 Å². The first-order valence-electron chi connectivity index (χ1n) is 14.9. The molecule has 6 nitrogen and oxygen atoms in total. The molecule has 0 rings (SSSR count). The predicted octanol–water partition coefficient (Wildman–Crippen LogP) is 6.52. The molecule has 0 spiro atoms. The van der Waals surface area contributed by atoms with E-state index in [4.69, 9.17) is 0 Å². The molecule has 0 aliphatic rings. The van der Waals surface area contributed by atoms with Crippen LogP contribution in [-0.4, -0.2) is 67.9 Å². The summed E-state index contributed by atoms with van der Waals surface area (Å²) >= 11 is 0. The van der Waals surface area contributed by atoms with Gasteiger partial charge in [-0.1, -0.05) is 64.7 Å². The summed E-state index contributed by atoms with van der Waals surface area (Å²) in [7, 11) is -4.74. The third-order valence-electron chi connectivity index (χ3n) is 8.11. The van der Waals surface area contributed by atoms with Crippen LogP contribution < -0.4 is 9.79 Å². The number of nitrogens with zero attached hydrogens (tertiary/aromatic N) is 2. The maximum atomic E-state index is 10.1. The van der Waals surface area contributed by atoms with Gasteiger partial charge in [0, 0.05) is 0 Å². The molecule has 0 unspecified atom stereocenters. The van der Waals surface area contributed by atoms with Gasteiger partial charge in [0.25, 0.3) is 0 Å². The van der Waals surface area contributed by atoms with Gasteiger partial charge >= 0.3 is 0 Å². The molecule has 0 fully saturated rings. The fourth-order valence-electron chi connectivity index (χ4n) is 4.45. The Kier molecular flexibility index (Phi) is 29.0. The quantitative estimate of drug-likeness (QED) is 0.103. The van der Waals surface area contributed by atoms with Crippen LogP contribution in [0.3, 0.4) is 0 Å². The molecule has 0 aromatic carbocycles. The maximum Gasteiger partial charge on any atom is 0.0757 e. The van der Waals surface area contributed by atoms with Crippen molar-refractivity contribution in [3.05, 3.63) is 0 Å². The fraction of sp³-hybridized carbons (Fsp3) is 1.00. The minimum Gasteiger partial charge on any atom is -0.790 e. The fourth-order valence-corrected chi connectivity index (χ4v) is 4.80. The van der Waals surface area contributed by atoms with E-state index in [-0.39, 0.29) is 6.61 Å². The van der Waals surface area contributed by atoms with E-state index in [1.54, 1.807) is 0 Å². The van der Waals surface area contributed by atoms with Crippen LogP contribution in [0.25, 0.3) is 0 Å². The predicted molar refractivity (Wildman–Crippen MR) is 150 cm³/mol. The van der Waals surface area contributed by atoms with Gasteiger partial charge in [-0.25, -0.2) is 0 Å². The number of phosphoric ester groups is 1. The lowest BCUT2D eigenvalue weighted by Gasteiger charge is -2.34. The standard InChI is InChI=1S/C12H27O4P.2C8H20N/c1-2-3-4-5-6-7-8-9-10-11-12-16-17(13,14)15;2*1-5-9(6-2,7-3)8-4/h2-12H2,1H3,(H2,13,14,15);2*5-8H2,1-4H3/q;2*+1/p-2. The summed E-state index contributed by atoms with van der Waals surface area (Å²) in [5.41, 5.74) is 0. The Morgan fingerprint density at radius 1 is 0.486 bits per heavy atom. The van der Waals surface area contributed by atoms with Gasteiger partial charge < -0.3 is 27.8 Å². The molecule has 7 heteroatoms. The van der Waals surface area contributed by atoms with Crippen LogP contribution >= 0.6 is 7.82 Å². The molecule has 0 aliphatic carbocycles. The van der Waals surface area contributed by atoms with E-state index in [1.165, 1.54) is 106 Å². The largest absolute Gasteiger partial charge is 0.790 e. The van der Waals surface area contributed by atoms with E-state index in [2.05, 4.69) is 66.8 Å². The summed E-state index contributed by atoms with van der Waals surface area (Å²) in [6.45, 7) is 30.7. The highest BCUT2D eigenvalue weighted by Gasteiger charge is 2.16. The van der Waals surface area contributed by atoms with Crippen LogP contribution in [0.1, 0.15) is 127 Å². The molecule has 0 saturated heterocycles. The lowest BCUT2D eigenvalue weighted by atomic mass is 10.1. The molecule has 0 atom stereocenters. The van der Waals surface area contributed by atoms with Crippen molar-refractivity contribution in [1.82, 2.24) is 0 Å². The van der Waals surface area contributed by atoms with Gasteiger partial charge in [0.05, 0.1) is 66.8 Å². The number of hydrogen-bond acceptors (Lipinski definition) is 4. The topological polar surface area (TPSA) is 72.4 Å². The molecule has 35 heavy (non-hydrogen) atoms. The molecule has 0 heterocycles. The van der Waals surface area contributed by atoms with E-state index in [9.17, 15) is 14.4 Å². The Balaban J connectivity index is -0.000000481. The summed E-state index contributed by atoms with van der Waals surface area (Å²) < 4.78 is 16.8. The van der Waals surface area contributed by atoms with Crippen molar-refractivity contribution in [2.45, 2.75) is 127 Å². The molecule has 0 aromatic rings. The van der Waals surface area contributed by atoms with Crippen LogP contribution in [0.15, 0.2) is 0 Å². The number of unbranched alkanes of at least 4 members (excludes halogenated alkanes) is 9. The number of phosphoric acid groups is 1. The number of rotatable bonds is 20. The van der Waals surface area contributed by atoms with Crippen molar-refractivity contribution in [3.63, 3.8) is 0 Å². The average Bonchev–Trinajstić information content (AvgIpc) is 2.86. The summed E-state index contributed by atoms with van der Waals surface area (Å²) in [6.07, 6.45) is 11.7. The summed E-state index contributed by atoms with van der Waals surface area (Å²) in [5.74, 6) is 0. The molecular weight excluding hydrogens is 459 g/mol. The van der Waals surface area contributed by atoms with Crippen LogP contribution in [0, 0.1) is 0 Å². The van der Waals surface area contributed by atoms with Crippen molar-refractivity contribution >= 4 is 7.82 Å². The zero-order valence-corrected chi connectivity index (χ0v) is 26.3. The molecule has 0 amide bonds. The van der Waals surface area contributed by atoms with Crippen molar-refractivity contribution in [2.24, 2.45) is 0 Å². The smallest absolute Gasteiger partial charge is 0.0757 e. The second kappa shape index (κ2) is 25.7. The van der Waals surface area contributed by atoms with Gasteiger partial charge in [0.2, 0.25) is 0 Å². The molecule has 0 radical (unpaired) electrons. The molecule has 0 bridgehead atoms. The Morgan fingerprint density at radius 3 is 0.943 bits per heavy atom. The third-order valence-corrected chi connectivity index (χ3v) is 8.61. The highest BCUT2D eigenvalue weighted by atomic mass is 31.2. The minimum absolute atomic E-state index is 0.0424. The van der Waals surface area contributed by atoms with Crippen LogP contribution in [-0.2, 0) is 9.09 Å². The zero-order chi connectivity index (χ0) is 27.6. The summed E-state index contributed by atoms with van der Waals surface area (Å²) in [4.78, 5) is 20.3. The van der Waals surface area contributed by atoms with E-state index in [0.29, 0.717) is 6.42 Å². The van der Waals surface area contributed by atoms with Gasteiger partial charge in [0.1, 0.15) is 0 Å². The van der Waals surface area contributed by atoms with Crippen molar-refractivity contribution in [1.29, 1.82) is 0 Å². The van der Waals surface area contributed by atoms with Gasteiger partial charge in [-0.05, 0) is 61.8 Å². The van der Waals surface area contributed by atoms with Crippen molar-refractivity contribution in [3.8, 4) is 0 Å². The third kappa shape index (κ3) is 24.1. The van der Waals surface area contributed by atoms with Crippen LogP contribution in [0.2, 0.25) is 0 Å². The maximum absolute atomic E-state index is 10.1. The Morgan fingerprint density at radius 2 is 0.743 bits per heavy atom. The molecule has 0 N–H and O–H groups in total. The highest BCUT2D eigenvalue weighted by molar-refractivity contribution is 7.43. The zero-order valence-electron chi connectivity index (χ0n) is 25.4. The molecule has 0 saturated carbocycles. The summed E-state index contributed by atoms with van der Waals surface area (Å²) in [5, 5.41) is 0. The molecule has 0 aromatic heterocycles. The SMILES string of the molecule is CCCCCCCCCCCCOP(=O)([O-])[O-].CC[N+](CC)(CC)CC.CC[N+](CC)(CC)CC.